The molecule has 108 valence electrons. The predicted octanol–water partition coefficient (Wildman–Crippen LogP) is 2.98. The second kappa shape index (κ2) is 6.47. The van der Waals surface area contributed by atoms with Gasteiger partial charge in [0.15, 0.2) is 11.6 Å². The molecule has 0 aliphatic carbocycles. The molecule has 4 N–H and O–H groups in total. The molecular weight excluding hydrogens is 270 g/mol. The minimum atomic E-state index is -0.341. The average molecular weight is 285 g/mol. The highest BCUT2D eigenvalue weighted by atomic mass is 16.5. The summed E-state index contributed by atoms with van der Waals surface area (Å²) in [7, 11) is 0. The van der Waals surface area contributed by atoms with Crippen LogP contribution in [0.5, 0.6) is 5.75 Å². The number of carbonyl (C=O) groups excluding carboxylic acids is 1. The summed E-state index contributed by atoms with van der Waals surface area (Å²) in [5.74, 6) is 0.493. The Morgan fingerprint density at radius 3 is 2.57 bits per heavy atom. The smallest absolute Gasteiger partial charge is 0.310 e. The number of nitrogens with zero attached hydrogens (tertiary/aromatic N) is 3. The van der Waals surface area contributed by atoms with Gasteiger partial charge in [0, 0.05) is 6.42 Å². The van der Waals surface area contributed by atoms with E-state index in [2.05, 4.69) is 15.2 Å². The highest BCUT2D eigenvalue weighted by Crippen LogP contribution is 2.30. The predicted molar refractivity (Wildman–Crippen MR) is 79.6 cm³/mol. The summed E-state index contributed by atoms with van der Waals surface area (Å²) in [4.78, 5) is 15.2. The van der Waals surface area contributed by atoms with Crippen LogP contribution in [0.25, 0.3) is 0 Å². The Labute approximate surface area is 121 Å². The Bertz CT molecular complexity index is 685. The van der Waals surface area contributed by atoms with Crippen LogP contribution in [0.4, 0.5) is 23.0 Å². The Hall–Kier alpha value is -2.96. The van der Waals surface area contributed by atoms with E-state index in [1.807, 2.05) is 0 Å². The maximum absolute atomic E-state index is 11.4. The molecule has 0 spiro atoms. The number of pyridine rings is 1. The van der Waals surface area contributed by atoms with Gasteiger partial charge in [0.1, 0.15) is 17.2 Å². The highest BCUT2D eigenvalue weighted by molar-refractivity contribution is 5.74. The van der Waals surface area contributed by atoms with Crippen LogP contribution >= 0.6 is 0 Å². The second-order valence-electron chi connectivity index (χ2n) is 4.14. The molecule has 0 bridgehead atoms. The van der Waals surface area contributed by atoms with Crippen LogP contribution < -0.4 is 16.2 Å². The first-order valence-electron chi connectivity index (χ1n) is 6.33. The number of carbonyl (C=O) groups is 1. The number of hydrogen-bond acceptors (Lipinski definition) is 7. The molecule has 7 heteroatoms. The number of anilines is 2. The van der Waals surface area contributed by atoms with Crippen LogP contribution in [0.1, 0.15) is 13.3 Å². The van der Waals surface area contributed by atoms with Crippen molar-refractivity contribution in [2.24, 2.45) is 10.2 Å². The van der Waals surface area contributed by atoms with Crippen LogP contribution in [-0.4, -0.2) is 11.0 Å². The van der Waals surface area contributed by atoms with Crippen molar-refractivity contribution in [2.45, 2.75) is 13.3 Å². The summed E-state index contributed by atoms with van der Waals surface area (Å²) in [5, 5.41) is 8.04. The summed E-state index contributed by atoms with van der Waals surface area (Å²) in [6, 6.07) is 10.0. The molecule has 1 heterocycles. The normalized spacial score (nSPS) is 10.7. The fourth-order valence-corrected chi connectivity index (χ4v) is 1.50. The molecule has 0 saturated carbocycles. The lowest BCUT2D eigenvalue weighted by molar-refractivity contribution is -0.133. The van der Waals surface area contributed by atoms with E-state index in [1.165, 1.54) is 0 Å². The van der Waals surface area contributed by atoms with Gasteiger partial charge in [-0.05, 0) is 24.3 Å². The molecule has 0 fully saturated rings. The highest BCUT2D eigenvalue weighted by Gasteiger charge is 2.07. The molecule has 0 saturated heterocycles. The van der Waals surface area contributed by atoms with Crippen LogP contribution in [0.2, 0.25) is 0 Å². The summed E-state index contributed by atoms with van der Waals surface area (Å²) >= 11 is 0. The van der Waals surface area contributed by atoms with Gasteiger partial charge in [0.2, 0.25) is 0 Å². The van der Waals surface area contributed by atoms with Crippen molar-refractivity contribution in [1.82, 2.24) is 4.98 Å². The molecule has 1 aromatic heterocycles. The monoisotopic (exact) mass is 285 g/mol. The SMILES string of the molecule is CCC(=O)Oc1ccccc1N=Nc1ccc(N)nc1N. The standard InChI is InChI=1S/C14H15N5O2/c1-2-13(20)21-11-6-4-3-5-9(11)18-19-10-7-8-12(15)17-14(10)16/h3-8H,2H2,1H3,(H4,15,16,17). The third-order valence-electron chi connectivity index (χ3n) is 2.57. The number of azo groups is 1. The molecule has 0 unspecified atom stereocenters. The van der Waals surface area contributed by atoms with Crippen molar-refractivity contribution in [3.05, 3.63) is 36.4 Å². The number of hydrogen-bond donors (Lipinski definition) is 2. The van der Waals surface area contributed by atoms with Crippen molar-refractivity contribution in [3.63, 3.8) is 0 Å². The van der Waals surface area contributed by atoms with E-state index in [4.69, 9.17) is 16.2 Å². The lowest BCUT2D eigenvalue weighted by Crippen LogP contribution is -2.05. The molecule has 7 nitrogen and oxygen atoms in total. The fraction of sp³-hybridized carbons (Fsp3) is 0.143. The number of aromatic nitrogens is 1. The Balaban J connectivity index is 2.26. The van der Waals surface area contributed by atoms with Crippen molar-refractivity contribution in [2.75, 3.05) is 11.5 Å². The van der Waals surface area contributed by atoms with Gasteiger partial charge in [-0.25, -0.2) is 4.98 Å². The summed E-state index contributed by atoms with van der Waals surface area (Å²) in [6.07, 6.45) is 0.278. The first-order chi connectivity index (χ1) is 10.1. The quantitative estimate of drug-likeness (QED) is 0.509. The summed E-state index contributed by atoms with van der Waals surface area (Å²) in [6.45, 7) is 1.72. The topological polar surface area (TPSA) is 116 Å². The third kappa shape index (κ3) is 3.75. The van der Waals surface area contributed by atoms with Crippen molar-refractivity contribution < 1.29 is 9.53 Å². The zero-order chi connectivity index (χ0) is 15.2. The molecule has 0 aliphatic rings. The first-order valence-corrected chi connectivity index (χ1v) is 6.33. The number of para-hydroxylation sites is 1. The van der Waals surface area contributed by atoms with E-state index in [9.17, 15) is 4.79 Å². The van der Waals surface area contributed by atoms with Crippen LogP contribution in [-0.2, 0) is 4.79 Å². The zero-order valence-corrected chi connectivity index (χ0v) is 11.5. The average Bonchev–Trinajstić information content (AvgIpc) is 2.47. The molecule has 0 amide bonds. The Morgan fingerprint density at radius 2 is 1.86 bits per heavy atom. The minimum Gasteiger partial charge on any atom is -0.424 e. The number of benzene rings is 1. The molecule has 21 heavy (non-hydrogen) atoms. The zero-order valence-electron chi connectivity index (χ0n) is 11.5. The van der Waals surface area contributed by atoms with Gasteiger partial charge in [0.05, 0.1) is 0 Å². The first kappa shape index (κ1) is 14.4. The van der Waals surface area contributed by atoms with E-state index in [-0.39, 0.29) is 18.2 Å². The van der Waals surface area contributed by atoms with Gasteiger partial charge in [-0.1, -0.05) is 19.1 Å². The number of nitrogens with two attached hydrogens (primary N) is 2. The molecule has 0 aliphatic heterocycles. The molecule has 1 aromatic carbocycles. The molecule has 0 atom stereocenters. The third-order valence-corrected chi connectivity index (χ3v) is 2.57. The Morgan fingerprint density at radius 1 is 1.14 bits per heavy atom. The van der Waals surface area contributed by atoms with E-state index in [0.717, 1.165) is 0 Å². The van der Waals surface area contributed by atoms with Crippen molar-refractivity contribution in [3.8, 4) is 5.75 Å². The van der Waals surface area contributed by atoms with Gasteiger partial charge in [-0.15, -0.1) is 10.2 Å². The van der Waals surface area contributed by atoms with Crippen LogP contribution in [0, 0.1) is 0 Å². The lowest BCUT2D eigenvalue weighted by Gasteiger charge is -2.05. The van der Waals surface area contributed by atoms with Crippen LogP contribution in [0.15, 0.2) is 46.6 Å². The fourth-order valence-electron chi connectivity index (χ4n) is 1.50. The lowest BCUT2D eigenvalue weighted by atomic mass is 10.3. The van der Waals surface area contributed by atoms with E-state index in [0.29, 0.717) is 22.9 Å². The minimum absolute atomic E-state index is 0.182. The van der Waals surface area contributed by atoms with E-state index in [1.54, 1.807) is 43.3 Å². The van der Waals surface area contributed by atoms with Gasteiger partial charge in [-0.2, -0.15) is 0 Å². The number of nitrogen functional groups attached to an aromatic ring is 2. The summed E-state index contributed by atoms with van der Waals surface area (Å²) in [5.41, 5.74) is 12.0. The molecule has 0 radical (unpaired) electrons. The number of esters is 1. The van der Waals surface area contributed by atoms with Gasteiger partial charge in [0.25, 0.3) is 0 Å². The maximum Gasteiger partial charge on any atom is 0.310 e. The number of ether oxygens (including phenoxy) is 1. The largest absolute Gasteiger partial charge is 0.424 e. The molecular formula is C14H15N5O2. The van der Waals surface area contributed by atoms with Gasteiger partial charge in [-0.3, -0.25) is 4.79 Å². The van der Waals surface area contributed by atoms with Gasteiger partial charge >= 0.3 is 5.97 Å². The van der Waals surface area contributed by atoms with E-state index < -0.39 is 0 Å². The van der Waals surface area contributed by atoms with Crippen molar-refractivity contribution >= 4 is 29.0 Å². The van der Waals surface area contributed by atoms with Crippen LogP contribution in [0.3, 0.4) is 0 Å². The molecule has 2 rings (SSSR count). The molecule has 2 aromatic rings. The summed E-state index contributed by atoms with van der Waals surface area (Å²) < 4.78 is 5.17. The number of rotatable bonds is 4. The maximum atomic E-state index is 11.4. The Kier molecular flexibility index (Phi) is 4.45. The van der Waals surface area contributed by atoms with Crippen molar-refractivity contribution in [1.29, 1.82) is 0 Å². The van der Waals surface area contributed by atoms with E-state index >= 15 is 0 Å². The van der Waals surface area contributed by atoms with Gasteiger partial charge < -0.3 is 16.2 Å². The second-order valence-corrected chi connectivity index (χ2v) is 4.14.